The van der Waals surface area contributed by atoms with Crippen LogP contribution in [0.15, 0.2) is 41.8 Å². The van der Waals surface area contributed by atoms with Gasteiger partial charge in [0.15, 0.2) is 0 Å². The molecule has 2 amide bonds. The molecule has 0 saturated heterocycles. The lowest BCUT2D eigenvalue weighted by Gasteiger charge is -2.08. The van der Waals surface area contributed by atoms with Crippen LogP contribution in [0.4, 0.5) is 5.69 Å². The van der Waals surface area contributed by atoms with Crippen molar-refractivity contribution >= 4 is 45.0 Å². The van der Waals surface area contributed by atoms with Crippen LogP contribution in [-0.4, -0.2) is 35.5 Å². The van der Waals surface area contributed by atoms with Crippen molar-refractivity contribution in [3.8, 4) is 0 Å². The Hall–Kier alpha value is -3.13. The molecule has 2 heterocycles. The highest BCUT2D eigenvalue weighted by Gasteiger charge is 2.15. The highest BCUT2D eigenvalue weighted by Crippen LogP contribution is 2.24. The van der Waals surface area contributed by atoms with Gasteiger partial charge in [-0.3, -0.25) is 9.59 Å². The van der Waals surface area contributed by atoms with Gasteiger partial charge in [-0.05, 0) is 48.7 Å². The van der Waals surface area contributed by atoms with Crippen molar-refractivity contribution in [2.45, 2.75) is 6.92 Å². The number of carbonyl (C=O) groups is 3. The molecule has 0 fully saturated rings. The van der Waals surface area contributed by atoms with Gasteiger partial charge in [0.1, 0.15) is 5.69 Å². The quantitative estimate of drug-likeness (QED) is 0.639. The number of hydrogen-bond acceptors (Lipinski definition) is 5. The average molecular weight is 385 g/mol. The summed E-state index contributed by atoms with van der Waals surface area (Å²) >= 11 is 1.56. The maximum atomic E-state index is 12.3. The van der Waals surface area contributed by atoms with Crippen LogP contribution in [0.1, 0.15) is 27.8 Å². The first-order valence-electron chi connectivity index (χ1n) is 8.37. The summed E-state index contributed by atoms with van der Waals surface area (Å²) in [5.74, 6) is -1.08. The number of amides is 2. The van der Waals surface area contributed by atoms with Crippen LogP contribution in [0.3, 0.4) is 0 Å². The van der Waals surface area contributed by atoms with Crippen molar-refractivity contribution in [1.29, 1.82) is 0 Å². The van der Waals surface area contributed by atoms with Crippen molar-refractivity contribution in [1.82, 2.24) is 9.88 Å². The molecule has 0 spiro atoms. The third kappa shape index (κ3) is 4.17. The van der Waals surface area contributed by atoms with Crippen LogP contribution in [-0.2, 0) is 16.6 Å². The molecule has 8 heteroatoms. The molecular formula is C19H19N3O4S. The minimum Gasteiger partial charge on any atom is -0.462 e. The molecule has 1 aromatic carbocycles. The molecule has 0 saturated carbocycles. The van der Waals surface area contributed by atoms with Gasteiger partial charge in [0.25, 0.3) is 5.91 Å². The van der Waals surface area contributed by atoms with Gasteiger partial charge in [-0.25, -0.2) is 4.79 Å². The highest BCUT2D eigenvalue weighted by molar-refractivity contribution is 7.17. The molecule has 3 aromatic rings. The topological polar surface area (TPSA) is 89.4 Å². The van der Waals surface area contributed by atoms with Crippen molar-refractivity contribution < 1.29 is 19.1 Å². The Balaban J connectivity index is 1.54. The normalized spacial score (nSPS) is 10.6. The lowest BCUT2D eigenvalue weighted by Crippen LogP contribution is -2.33. The smallest absolute Gasteiger partial charge is 0.338 e. The largest absolute Gasteiger partial charge is 0.462 e. The lowest BCUT2D eigenvalue weighted by atomic mass is 10.2. The number of aryl methyl sites for hydroxylation is 1. The van der Waals surface area contributed by atoms with Crippen molar-refractivity contribution in [3.05, 3.63) is 53.0 Å². The van der Waals surface area contributed by atoms with E-state index in [2.05, 4.69) is 10.6 Å². The zero-order valence-electron chi connectivity index (χ0n) is 14.9. The van der Waals surface area contributed by atoms with E-state index in [1.54, 1.807) is 53.2 Å². The fourth-order valence-corrected chi connectivity index (χ4v) is 3.48. The summed E-state index contributed by atoms with van der Waals surface area (Å²) < 4.78 is 7.73. The van der Waals surface area contributed by atoms with Crippen LogP contribution in [0, 0.1) is 0 Å². The van der Waals surface area contributed by atoms with E-state index in [1.165, 1.54) is 0 Å². The van der Waals surface area contributed by atoms with Gasteiger partial charge in [0.05, 0.1) is 28.9 Å². The molecule has 27 heavy (non-hydrogen) atoms. The van der Waals surface area contributed by atoms with E-state index in [-0.39, 0.29) is 18.4 Å². The summed E-state index contributed by atoms with van der Waals surface area (Å²) in [5.41, 5.74) is 2.42. The van der Waals surface area contributed by atoms with E-state index in [9.17, 15) is 14.4 Å². The highest BCUT2D eigenvalue weighted by atomic mass is 32.1. The van der Waals surface area contributed by atoms with E-state index in [4.69, 9.17) is 4.74 Å². The maximum Gasteiger partial charge on any atom is 0.338 e. The summed E-state index contributed by atoms with van der Waals surface area (Å²) in [6.07, 6.45) is 0. The summed E-state index contributed by atoms with van der Waals surface area (Å²) in [4.78, 5) is 36.0. The first-order valence-corrected chi connectivity index (χ1v) is 9.25. The molecule has 3 rings (SSSR count). The number of nitrogens with zero attached hydrogens (tertiary/aromatic N) is 1. The Kier molecular flexibility index (Phi) is 5.56. The first kappa shape index (κ1) is 18.7. The molecule has 7 nitrogen and oxygen atoms in total. The number of anilines is 1. The van der Waals surface area contributed by atoms with Crippen LogP contribution in [0.25, 0.3) is 10.2 Å². The Morgan fingerprint density at radius 2 is 1.89 bits per heavy atom. The molecule has 0 bridgehead atoms. The molecular weight excluding hydrogens is 366 g/mol. The number of hydrogen-bond donors (Lipinski definition) is 2. The molecule has 0 unspecified atom stereocenters. The number of ether oxygens (including phenoxy) is 1. The zero-order chi connectivity index (χ0) is 19.4. The van der Waals surface area contributed by atoms with E-state index in [0.717, 1.165) is 10.2 Å². The van der Waals surface area contributed by atoms with E-state index < -0.39 is 5.97 Å². The zero-order valence-corrected chi connectivity index (χ0v) is 15.8. The summed E-state index contributed by atoms with van der Waals surface area (Å²) in [6.45, 7) is 1.88. The van der Waals surface area contributed by atoms with E-state index >= 15 is 0 Å². The van der Waals surface area contributed by atoms with Gasteiger partial charge in [0, 0.05) is 12.7 Å². The number of esters is 1. The van der Waals surface area contributed by atoms with Gasteiger partial charge >= 0.3 is 5.97 Å². The molecule has 0 radical (unpaired) electrons. The molecule has 0 aliphatic carbocycles. The van der Waals surface area contributed by atoms with E-state index in [0.29, 0.717) is 23.6 Å². The molecule has 0 aliphatic heterocycles. The molecule has 2 aromatic heterocycles. The minimum absolute atomic E-state index is 0.155. The number of carbonyl (C=O) groups excluding carboxylic acids is 3. The summed E-state index contributed by atoms with van der Waals surface area (Å²) in [7, 11) is 1.81. The molecule has 0 atom stereocenters. The van der Waals surface area contributed by atoms with Crippen molar-refractivity contribution in [2.75, 3.05) is 18.5 Å². The van der Waals surface area contributed by atoms with Gasteiger partial charge in [0.2, 0.25) is 5.91 Å². The third-order valence-electron chi connectivity index (χ3n) is 3.99. The number of nitrogens with one attached hydrogen (secondary N) is 2. The SMILES string of the molecule is CCOC(=O)c1ccc(NC(=O)CNC(=O)c2cc3sccc3n2C)cc1. The predicted octanol–water partition coefficient (Wildman–Crippen LogP) is 2.79. The predicted molar refractivity (Wildman–Crippen MR) is 104 cm³/mol. The second kappa shape index (κ2) is 8.05. The van der Waals surface area contributed by atoms with Crippen LogP contribution < -0.4 is 10.6 Å². The van der Waals surface area contributed by atoms with Crippen molar-refractivity contribution in [2.24, 2.45) is 7.05 Å². The Labute approximate surface area is 159 Å². The standard InChI is InChI=1S/C19H19N3O4S/c1-3-26-19(25)12-4-6-13(7-5-12)21-17(23)11-20-18(24)15-10-16-14(22(15)2)8-9-27-16/h4-10H,3,11H2,1-2H3,(H,20,24)(H,21,23). The third-order valence-corrected chi connectivity index (χ3v) is 4.84. The molecule has 2 N–H and O–H groups in total. The van der Waals surface area contributed by atoms with Crippen LogP contribution in [0.2, 0.25) is 0 Å². The number of aromatic nitrogens is 1. The lowest BCUT2D eigenvalue weighted by molar-refractivity contribution is -0.115. The number of rotatable bonds is 6. The molecule has 140 valence electrons. The van der Waals surface area contributed by atoms with Gasteiger partial charge in [-0.15, -0.1) is 11.3 Å². The average Bonchev–Trinajstić information content (AvgIpc) is 3.24. The Bertz CT molecular complexity index is 988. The maximum absolute atomic E-state index is 12.3. The summed E-state index contributed by atoms with van der Waals surface area (Å²) in [5, 5.41) is 7.25. The van der Waals surface area contributed by atoms with Crippen LogP contribution >= 0.6 is 11.3 Å². The number of thiophene rings is 1. The van der Waals surface area contributed by atoms with Gasteiger partial charge in [-0.2, -0.15) is 0 Å². The summed E-state index contributed by atoms with van der Waals surface area (Å²) in [6, 6.07) is 10.1. The number of benzene rings is 1. The fraction of sp³-hybridized carbons (Fsp3) is 0.211. The second-order valence-electron chi connectivity index (χ2n) is 5.79. The monoisotopic (exact) mass is 385 g/mol. The second-order valence-corrected chi connectivity index (χ2v) is 6.74. The molecule has 0 aliphatic rings. The van der Waals surface area contributed by atoms with Gasteiger partial charge < -0.3 is 19.9 Å². The minimum atomic E-state index is -0.412. The Morgan fingerprint density at radius 1 is 1.15 bits per heavy atom. The first-order chi connectivity index (χ1) is 13.0. The fourth-order valence-electron chi connectivity index (χ4n) is 2.63. The van der Waals surface area contributed by atoms with Crippen molar-refractivity contribution in [3.63, 3.8) is 0 Å². The van der Waals surface area contributed by atoms with Gasteiger partial charge in [-0.1, -0.05) is 0 Å². The van der Waals surface area contributed by atoms with E-state index in [1.807, 2.05) is 18.5 Å². The van der Waals surface area contributed by atoms with Crippen LogP contribution in [0.5, 0.6) is 0 Å². The number of fused-ring (bicyclic) bond motifs is 1. The Morgan fingerprint density at radius 3 is 2.56 bits per heavy atom.